The van der Waals surface area contributed by atoms with E-state index in [-0.39, 0.29) is 0 Å². The second-order valence-corrected chi connectivity index (χ2v) is 6.83. The minimum absolute atomic E-state index is 0.615. The molecule has 3 aromatic rings. The van der Waals surface area contributed by atoms with E-state index < -0.39 is 10.8 Å². The molecule has 1 unspecified atom stereocenters. The van der Waals surface area contributed by atoms with Crippen LogP contribution in [0.1, 0.15) is 12.5 Å². The molecule has 6 nitrogen and oxygen atoms in total. The van der Waals surface area contributed by atoms with Gasteiger partial charge in [0.05, 0.1) is 0 Å². The van der Waals surface area contributed by atoms with Gasteiger partial charge in [-0.25, -0.2) is 9.67 Å². The van der Waals surface area contributed by atoms with E-state index in [0.717, 1.165) is 0 Å². The van der Waals surface area contributed by atoms with Gasteiger partial charge < -0.3 is 4.74 Å². The normalized spacial score (nSPS) is 17.7. The molecule has 0 radical (unpaired) electrons. The van der Waals surface area contributed by atoms with E-state index in [1.165, 1.54) is 17.3 Å². The van der Waals surface area contributed by atoms with Gasteiger partial charge in [-0.1, -0.05) is 35.3 Å². The van der Waals surface area contributed by atoms with Gasteiger partial charge in [0.25, 0.3) is 5.79 Å². The van der Waals surface area contributed by atoms with E-state index in [9.17, 15) is 0 Å². The summed E-state index contributed by atoms with van der Waals surface area (Å²) in [6, 6.07) is 14.4. The second-order valence-electron chi connectivity index (χ2n) is 5.66. The largest absolute Gasteiger partial charge is 0.457 e. The fourth-order valence-corrected chi connectivity index (χ4v) is 2.92. The lowest BCUT2D eigenvalue weighted by Gasteiger charge is -2.25. The summed E-state index contributed by atoms with van der Waals surface area (Å²) in [7, 11) is 0. The zero-order valence-corrected chi connectivity index (χ0v) is 14.6. The molecule has 1 aromatic heterocycles. The molecule has 4 rings (SSSR count). The fourth-order valence-electron chi connectivity index (χ4n) is 2.53. The molecule has 0 saturated carbocycles. The van der Waals surface area contributed by atoms with Crippen molar-refractivity contribution in [3.05, 3.63) is 71.8 Å². The van der Waals surface area contributed by atoms with Crippen LogP contribution in [-0.2, 0) is 20.6 Å². The lowest BCUT2D eigenvalue weighted by Crippen LogP contribution is -2.38. The predicted molar refractivity (Wildman–Crippen MR) is 91.3 cm³/mol. The number of halogens is 2. The van der Waals surface area contributed by atoms with Gasteiger partial charge >= 0.3 is 0 Å². The molecule has 0 aliphatic carbocycles. The SMILES string of the molecule is CC(Cl)(n1cncn1)C1(c2cccc(Oc3ccc(Cl)cc3)c2)OO1. The summed E-state index contributed by atoms with van der Waals surface area (Å²) in [6.45, 7) is 1.74. The summed E-state index contributed by atoms with van der Waals surface area (Å²) < 4.78 is 7.33. The van der Waals surface area contributed by atoms with Crippen molar-refractivity contribution in [1.29, 1.82) is 0 Å². The number of nitrogens with zero attached hydrogens (tertiary/aromatic N) is 3. The molecule has 0 N–H and O–H groups in total. The summed E-state index contributed by atoms with van der Waals surface area (Å²) >= 11 is 12.6. The smallest absolute Gasteiger partial charge is 0.297 e. The highest BCUT2D eigenvalue weighted by atomic mass is 35.5. The van der Waals surface area contributed by atoms with E-state index in [0.29, 0.717) is 22.1 Å². The summed E-state index contributed by atoms with van der Waals surface area (Å²) in [6.07, 6.45) is 2.91. The molecule has 1 aliphatic rings. The van der Waals surface area contributed by atoms with Crippen LogP contribution in [0.3, 0.4) is 0 Å². The molecule has 1 saturated heterocycles. The zero-order valence-electron chi connectivity index (χ0n) is 13.1. The number of ether oxygens (including phenoxy) is 1. The van der Waals surface area contributed by atoms with Crippen LogP contribution in [0.5, 0.6) is 11.5 Å². The topological polar surface area (TPSA) is 65.0 Å². The molecule has 8 heteroatoms. The van der Waals surface area contributed by atoms with Crippen molar-refractivity contribution < 1.29 is 14.5 Å². The van der Waals surface area contributed by atoms with E-state index in [1.807, 2.05) is 18.2 Å². The Morgan fingerprint density at radius 1 is 1.12 bits per heavy atom. The standard InChI is InChI=1S/C17H13Cl2N3O3/c1-16(19,22-11-20-10-21-22)17(24-25-17)12-3-2-4-15(9-12)23-14-7-5-13(18)6-8-14/h2-11H,1H3. The molecule has 128 valence electrons. The van der Waals surface area contributed by atoms with Gasteiger partial charge in [-0.15, -0.1) is 0 Å². The summed E-state index contributed by atoms with van der Waals surface area (Å²) in [5.41, 5.74) is 0.701. The Balaban J connectivity index is 1.64. The Morgan fingerprint density at radius 2 is 1.88 bits per heavy atom. The number of hydrogen-bond acceptors (Lipinski definition) is 5. The van der Waals surface area contributed by atoms with Crippen LogP contribution in [-0.4, -0.2) is 14.8 Å². The molecule has 1 aliphatic heterocycles. The lowest BCUT2D eigenvalue weighted by atomic mass is 10.00. The third kappa shape index (κ3) is 2.87. The van der Waals surface area contributed by atoms with Gasteiger partial charge in [-0.05, 0) is 43.3 Å². The van der Waals surface area contributed by atoms with Crippen LogP contribution < -0.4 is 4.74 Å². The van der Waals surface area contributed by atoms with Gasteiger partial charge in [0.1, 0.15) is 24.2 Å². The van der Waals surface area contributed by atoms with Crippen molar-refractivity contribution in [2.24, 2.45) is 0 Å². The Labute approximate surface area is 153 Å². The first-order valence-corrected chi connectivity index (χ1v) is 8.22. The first-order valence-electron chi connectivity index (χ1n) is 7.46. The molecule has 0 amide bonds. The highest BCUT2D eigenvalue weighted by Gasteiger charge is 2.66. The molecular weight excluding hydrogens is 365 g/mol. The monoisotopic (exact) mass is 377 g/mol. The van der Waals surface area contributed by atoms with E-state index >= 15 is 0 Å². The maximum atomic E-state index is 6.68. The first kappa shape index (κ1) is 16.4. The maximum absolute atomic E-state index is 6.68. The van der Waals surface area contributed by atoms with Crippen molar-refractivity contribution in [1.82, 2.24) is 14.8 Å². The van der Waals surface area contributed by atoms with Crippen LogP contribution in [0.4, 0.5) is 0 Å². The van der Waals surface area contributed by atoms with Crippen molar-refractivity contribution in [3.63, 3.8) is 0 Å². The Kier molecular flexibility index (Phi) is 3.92. The molecule has 2 heterocycles. The van der Waals surface area contributed by atoms with Gasteiger partial charge in [0, 0.05) is 10.6 Å². The van der Waals surface area contributed by atoms with Crippen LogP contribution in [0, 0.1) is 0 Å². The van der Waals surface area contributed by atoms with E-state index in [1.54, 1.807) is 37.3 Å². The Hall–Kier alpha value is -2.12. The van der Waals surface area contributed by atoms with Crippen molar-refractivity contribution >= 4 is 23.2 Å². The van der Waals surface area contributed by atoms with Crippen molar-refractivity contribution in [2.75, 3.05) is 0 Å². The highest BCUT2D eigenvalue weighted by Crippen LogP contribution is 2.55. The number of alkyl halides is 1. The minimum Gasteiger partial charge on any atom is -0.457 e. The maximum Gasteiger partial charge on any atom is 0.297 e. The molecule has 25 heavy (non-hydrogen) atoms. The molecule has 0 spiro atoms. The van der Waals surface area contributed by atoms with Gasteiger partial charge in [0.2, 0.25) is 0 Å². The van der Waals surface area contributed by atoms with Crippen molar-refractivity contribution in [2.45, 2.75) is 17.7 Å². The zero-order chi connectivity index (χ0) is 17.5. The average molecular weight is 378 g/mol. The van der Waals surface area contributed by atoms with Crippen LogP contribution in [0.25, 0.3) is 0 Å². The molecule has 1 atom stereocenters. The van der Waals surface area contributed by atoms with E-state index in [2.05, 4.69) is 10.1 Å². The van der Waals surface area contributed by atoms with Gasteiger partial charge in [0.15, 0.2) is 5.00 Å². The van der Waals surface area contributed by atoms with E-state index in [4.69, 9.17) is 37.7 Å². The third-order valence-corrected chi connectivity index (χ3v) is 4.64. The quantitative estimate of drug-likeness (QED) is 0.373. The molecular formula is C17H13Cl2N3O3. The van der Waals surface area contributed by atoms with Crippen LogP contribution in [0.15, 0.2) is 61.2 Å². The van der Waals surface area contributed by atoms with Crippen molar-refractivity contribution in [3.8, 4) is 11.5 Å². The minimum atomic E-state index is -1.18. The molecule has 1 fully saturated rings. The van der Waals surface area contributed by atoms with Gasteiger partial charge in [-0.2, -0.15) is 14.9 Å². The highest BCUT2D eigenvalue weighted by molar-refractivity contribution is 6.30. The predicted octanol–water partition coefficient (Wildman–Crippen LogP) is 4.45. The lowest BCUT2D eigenvalue weighted by molar-refractivity contribution is 0.0850. The van der Waals surface area contributed by atoms with Gasteiger partial charge in [-0.3, -0.25) is 0 Å². The fraction of sp³-hybridized carbons (Fsp3) is 0.176. The number of hydrogen-bond donors (Lipinski definition) is 0. The summed E-state index contributed by atoms with van der Waals surface area (Å²) in [5, 5.41) is 4.73. The number of aromatic nitrogens is 3. The summed E-state index contributed by atoms with van der Waals surface area (Å²) in [5.74, 6) is 0.101. The molecule has 2 aromatic carbocycles. The molecule has 0 bridgehead atoms. The first-order chi connectivity index (χ1) is 12.0. The number of benzene rings is 2. The Morgan fingerprint density at radius 3 is 2.52 bits per heavy atom. The number of rotatable bonds is 5. The third-order valence-electron chi connectivity index (χ3n) is 3.96. The summed E-state index contributed by atoms with van der Waals surface area (Å²) in [4.78, 5) is 13.4. The van der Waals surface area contributed by atoms with Crippen LogP contribution >= 0.6 is 23.2 Å². The Bertz CT molecular complexity index is 878. The van der Waals surface area contributed by atoms with Crippen LogP contribution in [0.2, 0.25) is 5.02 Å². The second kappa shape index (κ2) is 6.00. The average Bonchev–Trinajstić information content (AvgIpc) is 3.25.